The molecule has 6 heteroatoms. The summed E-state index contributed by atoms with van der Waals surface area (Å²) in [5.41, 5.74) is 1.28. The van der Waals surface area contributed by atoms with Crippen LogP contribution in [0.15, 0.2) is 42.5 Å². The van der Waals surface area contributed by atoms with Crippen LogP contribution in [0.4, 0.5) is 14.5 Å². The van der Waals surface area contributed by atoms with Gasteiger partial charge in [-0.3, -0.25) is 9.59 Å². The van der Waals surface area contributed by atoms with Crippen molar-refractivity contribution in [1.29, 1.82) is 0 Å². The number of anilines is 1. The third-order valence-electron chi connectivity index (χ3n) is 4.66. The number of amides is 2. The van der Waals surface area contributed by atoms with Gasteiger partial charge in [0.2, 0.25) is 5.91 Å². The first-order valence-electron chi connectivity index (χ1n) is 8.56. The molecule has 1 heterocycles. The lowest BCUT2D eigenvalue weighted by Crippen LogP contribution is -2.41. The summed E-state index contributed by atoms with van der Waals surface area (Å²) in [6, 6.07) is 10.8. The van der Waals surface area contributed by atoms with Gasteiger partial charge in [0.25, 0.3) is 5.91 Å². The van der Waals surface area contributed by atoms with E-state index in [4.69, 9.17) is 0 Å². The minimum atomic E-state index is -0.801. The fraction of sp³-hybridized carbons (Fsp3) is 0.300. The van der Waals surface area contributed by atoms with Crippen LogP contribution >= 0.6 is 0 Å². The van der Waals surface area contributed by atoms with E-state index in [2.05, 4.69) is 5.32 Å². The largest absolute Gasteiger partial charge is 0.339 e. The summed E-state index contributed by atoms with van der Waals surface area (Å²) < 4.78 is 27.3. The summed E-state index contributed by atoms with van der Waals surface area (Å²) in [4.78, 5) is 26.5. The molecule has 0 unspecified atom stereocenters. The van der Waals surface area contributed by atoms with Crippen LogP contribution in [-0.2, 0) is 4.79 Å². The van der Waals surface area contributed by atoms with Gasteiger partial charge in [0.1, 0.15) is 17.3 Å². The van der Waals surface area contributed by atoms with Gasteiger partial charge in [-0.2, -0.15) is 0 Å². The highest BCUT2D eigenvalue weighted by atomic mass is 19.1. The van der Waals surface area contributed by atoms with Crippen molar-refractivity contribution < 1.29 is 18.4 Å². The Morgan fingerprint density at radius 2 is 1.58 bits per heavy atom. The number of aryl methyl sites for hydroxylation is 1. The zero-order chi connectivity index (χ0) is 18.7. The van der Waals surface area contributed by atoms with E-state index < -0.39 is 23.2 Å². The third kappa shape index (κ3) is 3.90. The summed E-state index contributed by atoms with van der Waals surface area (Å²) in [5, 5.41) is 2.34. The van der Waals surface area contributed by atoms with Crippen LogP contribution in [0.1, 0.15) is 28.8 Å². The average molecular weight is 358 g/mol. The zero-order valence-corrected chi connectivity index (χ0v) is 14.5. The van der Waals surface area contributed by atoms with Gasteiger partial charge < -0.3 is 10.2 Å². The lowest BCUT2D eigenvalue weighted by atomic mass is 9.95. The molecule has 4 nitrogen and oxygen atoms in total. The first kappa shape index (κ1) is 18.0. The molecule has 136 valence electrons. The predicted octanol–water partition coefficient (Wildman–Crippen LogP) is 3.76. The number of benzene rings is 2. The Kier molecular flexibility index (Phi) is 5.30. The molecule has 0 spiro atoms. The van der Waals surface area contributed by atoms with Gasteiger partial charge in [0.15, 0.2) is 0 Å². The average Bonchev–Trinajstić information content (AvgIpc) is 2.65. The van der Waals surface area contributed by atoms with Gasteiger partial charge in [-0.15, -0.1) is 0 Å². The van der Waals surface area contributed by atoms with Gasteiger partial charge in [-0.1, -0.05) is 23.8 Å². The van der Waals surface area contributed by atoms with Crippen molar-refractivity contribution in [2.45, 2.75) is 19.8 Å². The highest BCUT2D eigenvalue weighted by molar-refractivity contribution is 5.95. The van der Waals surface area contributed by atoms with Gasteiger partial charge in [0.05, 0.1) is 0 Å². The summed E-state index contributed by atoms with van der Waals surface area (Å²) in [5.74, 6) is -2.47. The van der Waals surface area contributed by atoms with Crippen LogP contribution in [0.5, 0.6) is 0 Å². The van der Waals surface area contributed by atoms with Crippen molar-refractivity contribution in [3.05, 3.63) is 65.2 Å². The maximum Gasteiger partial charge on any atom is 0.253 e. The summed E-state index contributed by atoms with van der Waals surface area (Å²) in [7, 11) is 0. The summed E-state index contributed by atoms with van der Waals surface area (Å²) in [6.07, 6.45) is 0.916. The summed E-state index contributed by atoms with van der Waals surface area (Å²) >= 11 is 0. The SMILES string of the molecule is Cc1ccc(C(=O)N2CCC(C(=O)Nc3c(F)cccc3F)CC2)cc1. The molecular formula is C20H20F2N2O2. The summed E-state index contributed by atoms with van der Waals surface area (Å²) in [6.45, 7) is 2.83. The van der Waals surface area contributed by atoms with Crippen molar-refractivity contribution >= 4 is 17.5 Å². The highest BCUT2D eigenvalue weighted by Gasteiger charge is 2.28. The molecule has 3 rings (SSSR count). The molecule has 26 heavy (non-hydrogen) atoms. The van der Waals surface area contributed by atoms with Gasteiger partial charge in [0, 0.05) is 24.6 Å². The zero-order valence-electron chi connectivity index (χ0n) is 14.5. The number of para-hydroxylation sites is 1. The number of rotatable bonds is 3. The van der Waals surface area contributed by atoms with E-state index >= 15 is 0 Å². The van der Waals surface area contributed by atoms with E-state index in [1.165, 1.54) is 6.07 Å². The number of nitrogens with zero attached hydrogens (tertiary/aromatic N) is 1. The Labute approximate surface area is 150 Å². The standard InChI is InChI=1S/C20H20F2N2O2/c1-13-5-7-15(8-6-13)20(26)24-11-9-14(10-12-24)19(25)23-18-16(21)3-2-4-17(18)22/h2-8,14H,9-12H2,1H3,(H,23,25). The molecule has 1 fully saturated rings. The molecular weight excluding hydrogens is 338 g/mol. The quantitative estimate of drug-likeness (QED) is 0.908. The third-order valence-corrected chi connectivity index (χ3v) is 4.66. The van der Waals surface area contributed by atoms with E-state index in [1.54, 1.807) is 17.0 Å². The minimum Gasteiger partial charge on any atom is -0.339 e. The van der Waals surface area contributed by atoms with Crippen LogP contribution in [0.2, 0.25) is 0 Å². The number of piperidine rings is 1. The van der Waals surface area contributed by atoms with Crippen LogP contribution in [0.25, 0.3) is 0 Å². The molecule has 0 atom stereocenters. The molecule has 0 saturated carbocycles. The van der Waals surface area contributed by atoms with Crippen molar-refractivity contribution in [2.24, 2.45) is 5.92 Å². The maximum absolute atomic E-state index is 13.7. The maximum atomic E-state index is 13.7. The van der Waals surface area contributed by atoms with Crippen molar-refractivity contribution in [2.75, 3.05) is 18.4 Å². The molecule has 1 N–H and O–H groups in total. The van der Waals surface area contributed by atoms with E-state index in [0.29, 0.717) is 31.5 Å². The Morgan fingerprint density at radius 1 is 1.00 bits per heavy atom. The second-order valence-corrected chi connectivity index (χ2v) is 6.52. The van der Waals surface area contributed by atoms with Gasteiger partial charge >= 0.3 is 0 Å². The topological polar surface area (TPSA) is 49.4 Å². The van der Waals surface area contributed by atoms with Crippen molar-refractivity contribution in [3.8, 4) is 0 Å². The molecule has 0 bridgehead atoms. The Morgan fingerprint density at radius 3 is 2.15 bits per heavy atom. The molecule has 1 saturated heterocycles. The van der Waals surface area contributed by atoms with E-state index in [1.807, 2.05) is 19.1 Å². The molecule has 0 aromatic heterocycles. The Balaban J connectivity index is 1.58. The number of likely N-dealkylation sites (tertiary alicyclic amines) is 1. The lowest BCUT2D eigenvalue weighted by molar-refractivity contribution is -0.121. The van der Waals surface area contributed by atoms with Crippen LogP contribution in [0.3, 0.4) is 0 Å². The Bertz CT molecular complexity index is 793. The number of hydrogen-bond donors (Lipinski definition) is 1. The van der Waals surface area contributed by atoms with Crippen molar-refractivity contribution in [1.82, 2.24) is 4.90 Å². The van der Waals surface area contributed by atoms with Crippen molar-refractivity contribution in [3.63, 3.8) is 0 Å². The number of carbonyl (C=O) groups excluding carboxylic acids is 2. The number of nitrogens with one attached hydrogen (secondary N) is 1. The molecule has 2 amide bonds. The fourth-order valence-corrected chi connectivity index (χ4v) is 3.07. The smallest absolute Gasteiger partial charge is 0.253 e. The Hall–Kier alpha value is -2.76. The fourth-order valence-electron chi connectivity index (χ4n) is 3.07. The first-order valence-corrected chi connectivity index (χ1v) is 8.56. The molecule has 2 aromatic carbocycles. The molecule has 0 radical (unpaired) electrons. The van der Waals surface area contributed by atoms with Crippen LogP contribution in [0, 0.1) is 24.5 Å². The van der Waals surface area contributed by atoms with E-state index in [0.717, 1.165) is 17.7 Å². The number of hydrogen-bond acceptors (Lipinski definition) is 2. The normalized spacial score (nSPS) is 15.0. The lowest BCUT2D eigenvalue weighted by Gasteiger charge is -2.31. The molecule has 2 aromatic rings. The minimum absolute atomic E-state index is 0.0657. The van der Waals surface area contributed by atoms with E-state index in [9.17, 15) is 18.4 Å². The second-order valence-electron chi connectivity index (χ2n) is 6.52. The molecule has 1 aliphatic heterocycles. The van der Waals surface area contributed by atoms with E-state index in [-0.39, 0.29) is 11.8 Å². The highest BCUT2D eigenvalue weighted by Crippen LogP contribution is 2.23. The van der Waals surface area contributed by atoms with Crippen LogP contribution < -0.4 is 5.32 Å². The van der Waals surface area contributed by atoms with Gasteiger partial charge in [-0.25, -0.2) is 8.78 Å². The number of carbonyl (C=O) groups is 2. The second kappa shape index (κ2) is 7.64. The van der Waals surface area contributed by atoms with Gasteiger partial charge in [-0.05, 0) is 44.0 Å². The molecule has 0 aliphatic carbocycles. The monoisotopic (exact) mass is 358 g/mol. The predicted molar refractivity (Wildman–Crippen MR) is 94.8 cm³/mol. The van der Waals surface area contributed by atoms with Crippen LogP contribution in [-0.4, -0.2) is 29.8 Å². The number of halogens is 2. The molecule has 1 aliphatic rings. The first-order chi connectivity index (χ1) is 12.5.